The van der Waals surface area contributed by atoms with Crippen molar-refractivity contribution < 1.29 is 9.47 Å². The zero-order chi connectivity index (χ0) is 14.4. The summed E-state index contributed by atoms with van der Waals surface area (Å²) in [7, 11) is 2.02. The van der Waals surface area contributed by atoms with Crippen molar-refractivity contribution in [1.82, 2.24) is 5.32 Å². The Bertz CT molecular complexity index is 408. The minimum Gasteiger partial charge on any atom is -0.379 e. The molecule has 1 aliphatic carbocycles. The lowest BCUT2D eigenvalue weighted by molar-refractivity contribution is -0.0207. The van der Waals surface area contributed by atoms with E-state index in [1.807, 2.05) is 7.05 Å². The van der Waals surface area contributed by atoms with Gasteiger partial charge in [-0.3, -0.25) is 0 Å². The van der Waals surface area contributed by atoms with Gasteiger partial charge in [-0.2, -0.15) is 0 Å². The molecule has 0 spiro atoms. The maximum atomic E-state index is 6.07. The smallest absolute Gasteiger partial charge is 0.0776 e. The summed E-state index contributed by atoms with van der Waals surface area (Å²) in [5, 5.41) is 3.42. The molecule has 1 aromatic carbocycles. The second-order valence-electron chi connectivity index (χ2n) is 5.55. The van der Waals surface area contributed by atoms with Crippen molar-refractivity contribution in [2.24, 2.45) is 0 Å². The van der Waals surface area contributed by atoms with Crippen LogP contribution in [-0.2, 0) is 9.47 Å². The van der Waals surface area contributed by atoms with Crippen LogP contribution in [0.25, 0.3) is 0 Å². The second-order valence-corrected chi connectivity index (χ2v) is 5.55. The van der Waals surface area contributed by atoms with Gasteiger partial charge in [-0.1, -0.05) is 38.1 Å². The van der Waals surface area contributed by atoms with Gasteiger partial charge in [0.05, 0.1) is 25.4 Å². The van der Waals surface area contributed by atoms with Crippen LogP contribution in [0.3, 0.4) is 0 Å². The molecule has 3 atom stereocenters. The number of ether oxygens (including phenoxy) is 2. The highest BCUT2D eigenvalue weighted by Crippen LogP contribution is 2.38. The summed E-state index contributed by atoms with van der Waals surface area (Å²) in [4.78, 5) is 0. The van der Waals surface area contributed by atoms with Crippen LogP contribution in [-0.4, -0.2) is 33.0 Å². The summed E-state index contributed by atoms with van der Waals surface area (Å²) in [6.07, 6.45) is 2.36. The van der Waals surface area contributed by atoms with E-state index in [-0.39, 0.29) is 12.1 Å². The lowest BCUT2D eigenvalue weighted by Gasteiger charge is -2.36. The van der Waals surface area contributed by atoms with Crippen molar-refractivity contribution in [3.63, 3.8) is 0 Å². The van der Waals surface area contributed by atoms with Crippen LogP contribution in [0.2, 0.25) is 0 Å². The van der Waals surface area contributed by atoms with Gasteiger partial charge < -0.3 is 14.8 Å². The van der Waals surface area contributed by atoms with Crippen molar-refractivity contribution in [2.75, 3.05) is 26.9 Å². The quantitative estimate of drug-likeness (QED) is 0.776. The first kappa shape index (κ1) is 15.5. The summed E-state index contributed by atoms with van der Waals surface area (Å²) >= 11 is 0. The first-order valence-electron chi connectivity index (χ1n) is 7.73. The van der Waals surface area contributed by atoms with Gasteiger partial charge >= 0.3 is 0 Å². The van der Waals surface area contributed by atoms with Gasteiger partial charge in [0.1, 0.15) is 0 Å². The van der Waals surface area contributed by atoms with Gasteiger partial charge in [-0.15, -0.1) is 0 Å². The molecule has 0 radical (unpaired) electrons. The molecule has 0 amide bonds. The van der Waals surface area contributed by atoms with Crippen LogP contribution >= 0.6 is 0 Å². The second kappa shape index (κ2) is 7.77. The number of benzene rings is 1. The maximum Gasteiger partial charge on any atom is 0.0776 e. The molecule has 2 rings (SSSR count). The highest BCUT2D eigenvalue weighted by molar-refractivity contribution is 5.36. The fourth-order valence-electron chi connectivity index (χ4n) is 3.07. The van der Waals surface area contributed by atoms with Gasteiger partial charge in [0.25, 0.3) is 0 Å². The van der Waals surface area contributed by atoms with E-state index in [1.165, 1.54) is 11.1 Å². The van der Waals surface area contributed by atoms with Crippen molar-refractivity contribution in [2.45, 2.75) is 44.8 Å². The van der Waals surface area contributed by atoms with Crippen LogP contribution in [0.4, 0.5) is 0 Å². The van der Waals surface area contributed by atoms with Crippen molar-refractivity contribution in [3.8, 4) is 0 Å². The molecule has 0 aliphatic heterocycles. The van der Waals surface area contributed by atoms with E-state index in [4.69, 9.17) is 9.47 Å². The zero-order valence-corrected chi connectivity index (χ0v) is 12.9. The Labute approximate surface area is 122 Å². The molecule has 0 saturated heterocycles. The van der Waals surface area contributed by atoms with E-state index < -0.39 is 0 Å². The minimum absolute atomic E-state index is 0.232. The van der Waals surface area contributed by atoms with E-state index >= 15 is 0 Å². The van der Waals surface area contributed by atoms with Crippen molar-refractivity contribution in [3.05, 3.63) is 35.4 Å². The Morgan fingerprint density at radius 1 is 1.15 bits per heavy atom. The number of fused-ring (bicyclic) bond motifs is 1. The molecular weight excluding hydrogens is 250 g/mol. The summed E-state index contributed by atoms with van der Waals surface area (Å²) in [5.74, 6) is 0.553. The topological polar surface area (TPSA) is 30.5 Å². The number of nitrogens with one attached hydrogen (secondary N) is 1. The molecule has 1 N–H and O–H groups in total. The molecular formula is C17H27NO2. The van der Waals surface area contributed by atoms with Crippen LogP contribution in [0.5, 0.6) is 0 Å². The average molecular weight is 277 g/mol. The molecule has 3 unspecified atom stereocenters. The molecule has 20 heavy (non-hydrogen) atoms. The first-order valence-corrected chi connectivity index (χ1v) is 7.73. The van der Waals surface area contributed by atoms with Gasteiger partial charge in [-0.25, -0.2) is 0 Å². The van der Waals surface area contributed by atoms with Crippen LogP contribution in [0.1, 0.15) is 49.8 Å². The van der Waals surface area contributed by atoms with Crippen LogP contribution in [0.15, 0.2) is 24.3 Å². The van der Waals surface area contributed by atoms with Gasteiger partial charge in [0, 0.05) is 6.61 Å². The fourth-order valence-corrected chi connectivity index (χ4v) is 3.07. The van der Waals surface area contributed by atoms with Crippen LogP contribution in [0, 0.1) is 0 Å². The largest absolute Gasteiger partial charge is 0.379 e. The molecule has 0 fully saturated rings. The van der Waals surface area contributed by atoms with Gasteiger partial charge in [-0.05, 0) is 36.9 Å². The summed E-state index contributed by atoms with van der Waals surface area (Å²) in [6.45, 7) is 6.60. The predicted molar refractivity (Wildman–Crippen MR) is 82.1 cm³/mol. The fraction of sp³-hybridized carbons (Fsp3) is 0.647. The zero-order valence-electron chi connectivity index (χ0n) is 12.9. The molecule has 3 nitrogen and oxygen atoms in total. The standard InChI is InChI=1S/C17H27NO2/c1-4-9-19-10-11-20-16-12-13(2)14-7-5-6-8-15(14)17(16)18-3/h5-8,13,16-18H,4,9-12H2,1-3H3. The predicted octanol–water partition coefficient (Wildman–Crippen LogP) is 3.27. The van der Waals surface area contributed by atoms with E-state index in [2.05, 4.69) is 43.4 Å². The minimum atomic E-state index is 0.232. The Morgan fingerprint density at radius 3 is 2.60 bits per heavy atom. The molecule has 0 saturated carbocycles. The normalized spacial score (nSPS) is 25.4. The molecule has 0 bridgehead atoms. The molecule has 0 heterocycles. The Morgan fingerprint density at radius 2 is 1.90 bits per heavy atom. The third kappa shape index (κ3) is 3.60. The van der Waals surface area contributed by atoms with E-state index in [0.717, 1.165) is 19.4 Å². The third-order valence-corrected chi connectivity index (χ3v) is 4.04. The van der Waals surface area contributed by atoms with E-state index in [9.17, 15) is 0 Å². The molecule has 0 aromatic heterocycles. The Kier molecular flexibility index (Phi) is 6.02. The summed E-state index contributed by atoms with van der Waals surface area (Å²) in [5.41, 5.74) is 2.84. The van der Waals surface area contributed by atoms with E-state index in [0.29, 0.717) is 19.1 Å². The number of hydrogen-bond donors (Lipinski definition) is 1. The third-order valence-electron chi connectivity index (χ3n) is 4.04. The van der Waals surface area contributed by atoms with Crippen LogP contribution < -0.4 is 5.32 Å². The average Bonchev–Trinajstić information content (AvgIpc) is 2.47. The van der Waals surface area contributed by atoms with Crippen molar-refractivity contribution >= 4 is 0 Å². The Hall–Kier alpha value is -0.900. The summed E-state index contributed by atoms with van der Waals surface area (Å²) in [6, 6.07) is 8.99. The number of hydrogen-bond acceptors (Lipinski definition) is 3. The highest BCUT2D eigenvalue weighted by Gasteiger charge is 2.32. The highest BCUT2D eigenvalue weighted by atomic mass is 16.5. The monoisotopic (exact) mass is 277 g/mol. The first-order chi connectivity index (χ1) is 9.77. The lowest BCUT2D eigenvalue weighted by atomic mass is 9.79. The molecule has 3 heteroatoms. The molecule has 1 aromatic rings. The molecule has 1 aliphatic rings. The summed E-state index contributed by atoms with van der Waals surface area (Å²) < 4.78 is 11.6. The van der Waals surface area contributed by atoms with E-state index in [1.54, 1.807) is 0 Å². The number of likely N-dealkylation sites (N-methyl/N-ethyl adjacent to an activating group) is 1. The Balaban J connectivity index is 1.97. The van der Waals surface area contributed by atoms with Gasteiger partial charge in [0.15, 0.2) is 0 Å². The van der Waals surface area contributed by atoms with Crippen molar-refractivity contribution in [1.29, 1.82) is 0 Å². The lowest BCUT2D eigenvalue weighted by Crippen LogP contribution is -2.37. The molecule has 112 valence electrons. The maximum absolute atomic E-state index is 6.07. The number of rotatable bonds is 7. The SMILES string of the molecule is CCCOCCOC1CC(C)c2ccccc2C1NC. The van der Waals surface area contributed by atoms with Gasteiger partial charge in [0.2, 0.25) is 0 Å².